The molecule has 1 aromatic carbocycles. The molecule has 0 aliphatic rings. The molecule has 1 atom stereocenters. The summed E-state index contributed by atoms with van der Waals surface area (Å²) in [5.74, 6) is -1.87. The molecule has 0 heterocycles. The quantitative estimate of drug-likeness (QED) is 0.776. The molecule has 2 N–H and O–H groups in total. The topological polar surface area (TPSA) is 26.0 Å². The van der Waals surface area contributed by atoms with E-state index in [-0.39, 0.29) is 18.0 Å². The number of hydrogen-bond donors (Lipinski definition) is 1. The summed E-state index contributed by atoms with van der Waals surface area (Å²) in [5, 5.41) is 0. The normalized spacial score (nSPS) is 12.4. The minimum absolute atomic E-state index is 0. The molecular formula is C8H8ClF4N. The molecular weight excluding hydrogens is 222 g/mol. The van der Waals surface area contributed by atoms with E-state index in [0.717, 1.165) is 12.1 Å². The van der Waals surface area contributed by atoms with Crippen molar-refractivity contribution in [3.05, 3.63) is 35.4 Å². The first-order valence-electron chi connectivity index (χ1n) is 3.51. The van der Waals surface area contributed by atoms with Crippen molar-refractivity contribution in [2.24, 2.45) is 5.73 Å². The monoisotopic (exact) mass is 229 g/mol. The highest BCUT2D eigenvalue weighted by Crippen LogP contribution is 2.21. The maximum Gasteiger partial charge on any atom is 0.257 e. The highest BCUT2D eigenvalue weighted by Gasteiger charge is 2.20. The fourth-order valence-corrected chi connectivity index (χ4v) is 0.908. The Kier molecular flexibility index (Phi) is 4.87. The Morgan fingerprint density at radius 3 is 2.14 bits per heavy atom. The Morgan fingerprint density at radius 1 is 1.14 bits per heavy atom. The van der Waals surface area contributed by atoms with Crippen LogP contribution in [-0.2, 0) is 0 Å². The van der Waals surface area contributed by atoms with E-state index in [0.29, 0.717) is 6.07 Å². The van der Waals surface area contributed by atoms with Crippen LogP contribution in [0.15, 0.2) is 18.2 Å². The molecule has 0 unspecified atom stereocenters. The van der Waals surface area contributed by atoms with Crippen LogP contribution in [0.4, 0.5) is 17.6 Å². The van der Waals surface area contributed by atoms with Crippen LogP contribution in [0.3, 0.4) is 0 Å². The Morgan fingerprint density at radius 2 is 1.71 bits per heavy atom. The zero-order chi connectivity index (χ0) is 10.0. The molecule has 6 heteroatoms. The van der Waals surface area contributed by atoms with Gasteiger partial charge in [0, 0.05) is 11.6 Å². The van der Waals surface area contributed by atoms with Crippen molar-refractivity contribution in [2.45, 2.75) is 12.5 Å². The number of nitrogens with two attached hydrogens (primary N) is 1. The van der Waals surface area contributed by atoms with Crippen LogP contribution in [0, 0.1) is 11.6 Å². The molecule has 0 aromatic heterocycles. The number of halogens is 5. The minimum Gasteiger partial charge on any atom is -0.319 e. The molecule has 0 amide bonds. The highest BCUT2D eigenvalue weighted by molar-refractivity contribution is 5.85. The average molecular weight is 230 g/mol. The summed E-state index contributed by atoms with van der Waals surface area (Å²) in [7, 11) is 0. The zero-order valence-corrected chi connectivity index (χ0v) is 7.70. The number of alkyl halides is 2. The van der Waals surface area contributed by atoms with Gasteiger partial charge in [-0.1, -0.05) is 6.07 Å². The maximum atomic E-state index is 12.8. The van der Waals surface area contributed by atoms with Crippen molar-refractivity contribution in [1.29, 1.82) is 0 Å². The Labute approximate surface area is 84.3 Å². The van der Waals surface area contributed by atoms with E-state index in [4.69, 9.17) is 5.73 Å². The molecule has 0 bridgehead atoms. The van der Waals surface area contributed by atoms with Gasteiger partial charge in [0.05, 0.1) is 6.04 Å². The molecule has 0 saturated carbocycles. The summed E-state index contributed by atoms with van der Waals surface area (Å²) in [5.41, 5.74) is 4.60. The Bertz CT molecular complexity index is 305. The summed E-state index contributed by atoms with van der Waals surface area (Å²) in [6, 6.07) is 0.625. The molecule has 0 spiro atoms. The zero-order valence-electron chi connectivity index (χ0n) is 6.88. The third-order valence-corrected chi connectivity index (χ3v) is 1.59. The molecule has 1 aromatic rings. The molecule has 0 aliphatic carbocycles. The standard InChI is InChI=1S/C8H7F4N.ClH/c9-4-1-2-5(6(10)3-4)7(13)8(11)12;/h1-3,7-8H,13H2;1H/t7-;/m1./s1. The van der Waals surface area contributed by atoms with Crippen LogP contribution in [0.25, 0.3) is 0 Å². The van der Waals surface area contributed by atoms with Crippen molar-refractivity contribution in [3.63, 3.8) is 0 Å². The van der Waals surface area contributed by atoms with E-state index in [9.17, 15) is 17.6 Å². The van der Waals surface area contributed by atoms with Gasteiger partial charge < -0.3 is 5.73 Å². The minimum atomic E-state index is -2.86. The summed E-state index contributed by atoms with van der Waals surface area (Å²) < 4.78 is 49.2. The van der Waals surface area contributed by atoms with Crippen LogP contribution in [0.5, 0.6) is 0 Å². The maximum absolute atomic E-state index is 12.8. The van der Waals surface area contributed by atoms with E-state index in [1.807, 2.05) is 0 Å². The van der Waals surface area contributed by atoms with Crippen LogP contribution in [0.2, 0.25) is 0 Å². The van der Waals surface area contributed by atoms with Gasteiger partial charge in [0.2, 0.25) is 0 Å². The highest BCUT2D eigenvalue weighted by atomic mass is 35.5. The number of rotatable bonds is 2. The van der Waals surface area contributed by atoms with E-state index >= 15 is 0 Å². The first kappa shape index (κ1) is 13.2. The van der Waals surface area contributed by atoms with E-state index < -0.39 is 24.1 Å². The van der Waals surface area contributed by atoms with Crippen LogP contribution < -0.4 is 5.73 Å². The third kappa shape index (κ3) is 2.85. The van der Waals surface area contributed by atoms with Gasteiger partial charge in [-0.25, -0.2) is 17.6 Å². The van der Waals surface area contributed by atoms with Crippen molar-refractivity contribution < 1.29 is 17.6 Å². The predicted molar refractivity (Wildman–Crippen MR) is 46.5 cm³/mol. The summed E-state index contributed by atoms with van der Waals surface area (Å²) >= 11 is 0. The molecule has 0 aliphatic heterocycles. The van der Waals surface area contributed by atoms with Gasteiger partial charge in [-0.2, -0.15) is 0 Å². The van der Waals surface area contributed by atoms with Crippen LogP contribution in [-0.4, -0.2) is 6.43 Å². The Balaban J connectivity index is 0.00000169. The molecule has 14 heavy (non-hydrogen) atoms. The van der Waals surface area contributed by atoms with E-state index in [1.165, 1.54) is 0 Å². The summed E-state index contributed by atoms with van der Waals surface area (Å²) in [6.07, 6.45) is -2.86. The third-order valence-electron chi connectivity index (χ3n) is 1.59. The lowest BCUT2D eigenvalue weighted by Crippen LogP contribution is -2.20. The lowest BCUT2D eigenvalue weighted by molar-refractivity contribution is 0.114. The smallest absolute Gasteiger partial charge is 0.257 e. The molecule has 0 saturated heterocycles. The van der Waals surface area contributed by atoms with Crippen molar-refractivity contribution >= 4 is 12.4 Å². The van der Waals surface area contributed by atoms with Gasteiger partial charge in [0.1, 0.15) is 11.6 Å². The number of hydrogen-bond acceptors (Lipinski definition) is 1. The van der Waals surface area contributed by atoms with Gasteiger partial charge in [0.25, 0.3) is 6.43 Å². The summed E-state index contributed by atoms with van der Waals surface area (Å²) in [4.78, 5) is 0. The van der Waals surface area contributed by atoms with Crippen LogP contribution in [0.1, 0.15) is 11.6 Å². The van der Waals surface area contributed by atoms with Gasteiger partial charge in [-0.15, -0.1) is 12.4 Å². The van der Waals surface area contributed by atoms with Crippen molar-refractivity contribution in [3.8, 4) is 0 Å². The van der Waals surface area contributed by atoms with Gasteiger partial charge in [-0.05, 0) is 6.07 Å². The van der Waals surface area contributed by atoms with Crippen LogP contribution >= 0.6 is 12.4 Å². The lowest BCUT2D eigenvalue weighted by atomic mass is 10.1. The first-order chi connectivity index (χ1) is 6.02. The predicted octanol–water partition coefficient (Wildman–Crippen LogP) is 2.65. The number of benzene rings is 1. The average Bonchev–Trinajstić information content (AvgIpc) is 2.03. The largest absolute Gasteiger partial charge is 0.319 e. The second-order valence-corrected chi connectivity index (χ2v) is 2.53. The second kappa shape index (κ2) is 5.17. The molecule has 1 rings (SSSR count). The van der Waals surface area contributed by atoms with Crippen molar-refractivity contribution in [2.75, 3.05) is 0 Å². The van der Waals surface area contributed by atoms with Crippen molar-refractivity contribution in [1.82, 2.24) is 0 Å². The molecule has 1 nitrogen and oxygen atoms in total. The SMILES string of the molecule is Cl.N[C@H](c1ccc(F)cc1F)C(F)F. The fourth-order valence-electron chi connectivity index (χ4n) is 0.908. The Hall–Kier alpha value is -0.810. The molecule has 0 fully saturated rings. The van der Waals surface area contributed by atoms with E-state index in [2.05, 4.69) is 0 Å². The second-order valence-electron chi connectivity index (χ2n) is 2.53. The molecule has 0 radical (unpaired) electrons. The molecule has 80 valence electrons. The van der Waals surface area contributed by atoms with Gasteiger partial charge in [-0.3, -0.25) is 0 Å². The summed E-state index contributed by atoms with van der Waals surface area (Å²) in [6.45, 7) is 0. The fraction of sp³-hybridized carbons (Fsp3) is 0.250. The lowest BCUT2D eigenvalue weighted by Gasteiger charge is -2.11. The van der Waals surface area contributed by atoms with Gasteiger partial charge >= 0.3 is 0 Å². The van der Waals surface area contributed by atoms with Gasteiger partial charge in [0.15, 0.2) is 0 Å². The first-order valence-corrected chi connectivity index (χ1v) is 3.51. The van der Waals surface area contributed by atoms with E-state index in [1.54, 1.807) is 0 Å².